The number of carbonyl (C=O) groups is 1. The summed E-state index contributed by atoms with van der Waals surface area (Å²) in [5.41, 5.74) is -0.0784. The molecule has 1 aromatic heterocycles. The molecule has 0 radical (unpaired) electrons. The van der Waals surface area contributed by atoms with E-state index in [1.807, 2.05) is 0 Å². The van der Waals surface area contributed by atoms with Crippen molar-refractivity contribution in [3.05, 3.63) is 28.4 Å². The van der Waals surface area contributed by atoms with Crippen molar-refractivity contribution in [3.63, 3.8) is 0 Å². The number of hydrogen-bond donors (Lipinski definition) is 2. The predicted octanol–water partition coefficient (Wildman–Crippen LogP) is 0.538. The molecule has 0 aromatic carbocycles. The molecular weight excluding hydrogens is 212 g/mol. The molecule has 0 fully saturated rings. The highest BCUT2D eigenvalue weighted by Gasteiger charge is 2.12. The van der Waals surface area contributed by atoms with Crippen LogP contribution in [0.25, 0.3) is 0 Å². The van der Waals surface area contributed by atoms with E-state index in [1.54, 1.807) is 0 Å². The third-order valence-electron chi connectivity index (χ3n) is 1.77. The van der Waals surface area contributed by atoms with Gasteiger partial charge in [-0.2, -0.15) is 0 Å². The van der Waals surface area contributed by atoms with E-state index < -0.39 is 4.92 Å². The van der Waals surface area contributed by atoms with Crippen LogP contribution >= 0.6 is 0 Å². The maximum absolute atomic E-state index is 10.6. The lowest BCUT2D eigenvalue weighted by Crippen LogP contribution is -2.26. The molecular formula is C9H12N4O3. The van der Waals surface area contributed by atoms with E-state index >= 15 is 0 Å². The SMILES string of the molecule is CC(=O)NCCNc1ncccc1[N+](=O)[O-]. The van der Waals surface area contributed by atoms with Crippen LogP contribution in [0.2, 0.25) is 0 Å². The number of nitrogens with one attached hydrogen (secondary N) is 2. The molecule has 0 bridgehead atoms. The normalized spacial score (nSPS) is 9.56. The van der Waals surface area contributed by atoms with E-state index in [9.17, 15) is 14.9 Å². The van der Waals surface area contributed by atoms with Gasteiger partial charge in [0.1, 0.15) is 0 Å². The molecule has 0 spiro atoms. The van der Waals surface area contributed by atoms with Gasteiger partial charge in [-0.1, -0.05) is 0 Å². The zero-order valence-electron chi connectivity index (χ0n) is 8.77. The van der Waals surface area contributed by atoms with Gasteiger partial charge in [0.15, 0.2) is 0 Å². The summed E-state index contributed by atoms with van der Waals surface area (Å²) < 4.78 is 0. The van der Waals surface area contributed by atoms with E-state index in [2.05, 4.69) is 15.6 Å². The monoisotopic (exact) mass is 224 g/mol. The first-order chi connectivity index (χ1) is 7.61. The minimum Gasteiger partial charge on any atom is -0.363 e. The summed E-state index contributed by atoms with van der Waals surface area (Å²) in [5, 5.41) is 16.0. The third-order valence-corrected chi connectivity index (χ3v) is 1.77. The standard InChI is InChI=1S/C9H12N4O3/c1-7(14)10-5-6-12-9-8(13(15)16)3-2-4-11-9/h2-4H,5-6H2,1H3,(H,10,14)(H,11,12). The second kappa shape index (κ2) is 5.64. The number of carbonyl (C=O) groups excluding carboxylic acids is 1. The Morgan fingerprint density at radius 2 is 2.31 bits per heavy atom. The number of nitrogens with zero attached hydrogens (tertiary/aromatic N) is 2. The van der Waals surface area contributed by atoms with Crippen LogP contribution in [0.4, 0.5) is 11.5 Å². The topological polar surface area (TPSA) is 97.2 Å². The van der Waals surface area contributed by atoms with Crippen LogP contribution in [0.15, 0.2) is 18.3 Å². The summed E-state index contributed by atoms with van der Waals surface area (Å²) in [5.74, 6) is 0.0650. The van der Waals surface area contributed by atoms with E-state index in [-0.39, 0.29) is 17.4 Å². The molecule has 1 rings (SSSR count). The molecule has 2 N–H and O–H groups in total. The summed E-state index contributed by atoms with van der Waals surface area (Å²) in [7, 11) is 0. The number of anilines is 1. The van der Waals surface area contributed by atoms with Crippen molar-refractivity contribution in [2.45, 2.75) is 6.92 Å². The van der Waals surface area contributed by atoms with Crippen LogP contribution in [0.1, 0.15) is 6.92 Å². The predicted molar refractivity (Wildman–Crippen MR) is 58.1 cm³/mol. The first kappa shape index (κ1) is 11.9. The number of nitro groups is 1. The van der Waals surface area contributed by atoms with Crippen molar-refractivity contribution in [2.24, 2.45) is 0 Å². The second-order valence-electron chi connectivity index (χ2n) is 3.04. The number of hydrogen-bond acceptors (Lipinski definition) is 5. The average Bonchev–Trinajstić information content (AvgIpc) is 2.24. The van der Waals surface area contributed by atoms with Gasteiger partial charge in [-0.3, -0.25) is 14.9 Å². The van der Waals surface area contributed by atoms with Crippen molar-refractivity contribution in [2.75, 3.05) is 18.4 Å². The molecule has 0 saturated carbocycles. The Kier molecular flexibility index (Phi) is 4.19. The zero-order chi connectivity index (χ0) is 12.0. The van der Waals surface area contributed by atoms with Gasteiger partial charge >= 0.3 is 5.69 Å². The van der Waals surface area contributed by atoms with Crippen LogP contribution in [-0.4, -0.2) is 28.9 Å². The van der Waals surface area contributed by atoms with Crippen molar-refractivity contribution < 1.29 is 9.72 Å². The largest absolute Gasteiger partial charge is 0.363 e. The summed E-state index contributed by atoms with van der Waals surface area (Å²) in [6.45, 7) is 2.18. The van der Waals surface area contributed by atoms with E-state index in [0.717, 1.165) is 0 Å². The van der Waals surface area contributed by atoms with Crippen molar-refractivity contribution in [1.82, 2.24) is 10.3 Å². The van der Waals surface area contributed by atoms with Gasteiger partial charge in [0.25, 0.3) is 0 Å². The fourth-order valence-electron chi connectivity index (χ4n) is 1.10. The van der Waals surface area contributed by atoms with Gasteiger partial charge < -0.3 is 10.6 Å². The molecule has 1 amide bonds. The Balaban J connectivity index is 2.53. The molecule has 0 saturated heterocycles. The van der Waals surface area contributed by atoms with Crippen LogP contribution < -0.4 is 10.6 Å². The van der Waals surface area contributed by atoms with E-state index in [4.69, 9.17) is 0 Å². The lowest BCUT2D eigenvalue weighted by molar-refractivity contribution is -0.384. The number of pyridine rings is 1. The fraction of sp³-hybridized carbons (Fsp3) is 0.333. The molecule has 0 unspecified atom stereocenters. The van der Waals surface area contributed by atoms with Crippen molar-refractivity contribution in [1.29, 1.82) is 0 Å². The molecule has 1 heterocycles. The molecule has 0 atom stereocenters. The van der Waals surface area contributed by atoms with Gasteiger partial charge in [-0.15, -0.1) is 0 Å². The minimum atomic E-state index is -0.506. The highest BCUT2D eigenvalue weighted by Crippen LogP contribution is 2.19. The Bertz CT molecular complexity index is 394. The first-order valence-electron chi connectivity index (χ1n) is 4.69. The highest BCUT2D eigenvalue weighted by atomic mass is 16.6. The summed E-state index contributed by atoms with van der Waals surface area (Å²) >= 11 is 0. The summed E-state index contributed by atoms with van der Waals surface area (Å²) in [6.07, 6.45) is 1.47. The third kappa shape index (κ3) is 3.52. The molecule has 7 heteroatoms. The lowest BCUT2D eigenvalue weighted by Gasteiger charge is -2.05. The van der Waals surface area contributed by atoms with Crippen molar-refractivity contribution in [3.8, 4) is 0 Å². The van der Waals surface area contributed by atoms with Gasteiger partial charge in [-0.05, 0) is 6.07 Å². The van der Waals surface area contributed by atoms with Crippen LogP contribution in [0.5, 0.6) is 0 Å². The fourth-order valence-corrected chi connectivity index (χ4v) is 1.10. The number of amides is 1. The Morgan fingerprint density at radius 3 is 2.94 bits per heavy atom. The Morgan fingerprint density at radius 1 is 1.56 bits per heavy atom. The zero-order valence-corrected chi connectivity index (χ0v) is 8.77. The van der Waals surface area contributed by atoms with Gasteiger partial charge in [-0.25, -0.2) is 4.98 Å². The lowest BCUT2D eigenvalue weighted by atomic mass is 10.4. The second-order valence-corrected chi connectivity index (χ2v) is 3.04. The average molecular weight is 224 g/mol. The Hall–Kier alpha value is -2.18. The smallest absolute Gasteiger partial charge is 0.311 e. The molecule has 0 aliphatic rings. The minimum absolute atomic E-state index is 0.0784. The van der Waals surface area contributed by atoms with Crippen LogP contribution in [0.3, 0.4) is 0 Å². The molecule has 7 nitrogen and oxygen atoms in total. The van der Waals surface area contributed by atoms with Gasteiger partial charge in [0.05, 0.1) is 4.92 Å². The number of rotatable bonds is 5. The first-order valence-corrected chi connectivity index (χ1v) is 4.69. The van der Waals surface area contributed by atoms with Gasteiger partial charge in [0, 0.05) is 32.3 Å². The van der Waals surface area contributed by atoms with Crippen LogP contribution in [-0.2, 0) is 4.79 Å². The quantitative estimate of drug-likeness (QED) is 0.432. The Labute approximate surface area is 92.0 Å². The number of aromatic nitrogens is 1. The maximum Gasteiger partial charge on any atom is 0.311 e. The van der Waals surface area contributed by atoms with Crippen molar-refractivity contribution >= 4 is 17.4 Å². The van der Waals surface area contributed by atoms with Gasteiger partial charge in [0.2, 0.25) is 11.7 Å². The molecule has 86 valence electrons. The summed E-state index contributed by atoms with van der Waals surface area (Å²) in [4.78, 5) is 24.5. The van der Waals surface area contributed by atoms with E-state index in [0.29, 0.717) is 13.1 Å². The van der Waals surface area contributed by atoms with E-state index in [1.165, 1.54) is 25.3 Å². The molecule has 16 heavy (non-hydrogen) atoms. The summed E-state index contributed by atoms with van der Waals surface area (Å²) in [6, 6.07) is 2.87. The molecule has 0 aliphatic heterocycles. The molecule has 0 aliphatic carbocycles. The van der Waals surface area contributed by atoms with Crippen LogP contribution in [0, 0.1) is 10.1 Å². The molecule has 1 aromatic rings. The highest BCUT2D eigenvalue weighted by molar-refractivity contribution is 5.72. The maximum atomic E-state index is 10.6.